The van der Waals surface area contributed by atoms with Crippen molar-refractivity contribution in [2.45, 2.75) is 37.6 Å². The minimum Gasteiger partial charge on any atom is -0.354 e. The predicted octanol–water partition coefficient (Wildman–Crippen LogP) is 3.78. The summed E-state index contributed by atoms with van der Waals surface area (Å²) < 4.78 is 27.7. The molecule has 1 fully saturated rings. The fourth-order valence-corrected chi connectivity index (χ4v) is 6.18. The monoisotopic (exact) mass is 477 g/mol. The quantitative estimate of drug-likeness (QED) is 0.658. The molecule has 1 heterocycles. The normalized spacial score (nSPS) is 16.8. The first-order valence-electron chi connectivity index (χ1n) is 10.9. The van der Waals surface area contributed by atoms with Crippen LogP contribution in [-0.2, 0) is 14.8 Å². The fraction of sp³-hybridized carbons (Fsp3) is 0.458. The number of hydrogen-bond acceptors (Lipinski definition) is 4. The maximum Gasteiger partial charge on any atom is 0.243 e. The van der Waals surface area contributed by atoms with E-state index >= 15 is 0 Å². The minimum atomic E-state index is -3.56. The smallest absolute Gasteiger partial charge is 0.243 e. The molecule has 0 bridgehead atoms. The number of carbonyl (C=O) groups is 1. The van der Waals surface area contributed by atoms with E-state index in [2.05, 4.69) is 5.32 Å². The summed E-state index contributed by atoms with van der Waals surface area (Å²) >= 11 is 6.35. The zero-order valence-corrected chi connectivity index (χ0v) is 20.7. The molecule has 2 aromatic rings. The lowest BCUT2D eigenvalue weighted by molar-refractivity contribution is -0.126. The molecule has 1 saturated heterocycles. The SMILES string of the molecule is Cc1ccc(S(=O)(=O)N2CCC(C(=O)NC[C@@H](c3ccccc3Cl)N(C)C)CC2)c(C)c1. The summed E-state index contributed by atoms with van der Waals surface area (Å²) in [5.74, 6) is -0.234. The van der Waals surface area contributed by atoms with Gasteiger partial charge in [0.15, 0.2) is 0 Å². The van der Waals surface area contributed by atoms with Gasteiger partial charge in [0.2, 0.25) is 15.9 Å². The Hall–Kier alpha value is -1.93. The van der Waals surface area contributed by atoms with Crippen LogP contribution in [-0.4, -0.2) is 57.3 Å². The van der Waals surface area contributed by atoms with Crippen molar-refractivity contribution in [2.75, 3.05) is 33.7 Å². The molecule has 3 rings (SSSR count). The number of likely N-dealkylation sites (N-methyl/N-ethyl adjacent to an activating group) is 1. The molecule has 0 unspecified atom stereocenters. The van der Waals surface area contributed by atoms with Crippen molar-refractivity contribution in [1.82, 2.24) is 14.5 Å². The number of piperidine rings is 1. The third-order valence-electron chi connectivity index (χ3n) is 6.13. The number of halogens is 1. The Balaban J connectivity index is 1.60. The van der Waals surface area contributed by atoms with Gasteiger partial charge >= 0.3 is 0 Å². The topological polar surface area (TPSA) is 69.7 Å². The average Bonchev–Trinajstić information content (AvgIpc) is 2.74. The van der Waals surface area contributed by atoms with Crippen molar-refractivity contribution in [3.8, 4) is 0 Å². The summed E-state index contributed by atoms with van der Waals surface area (Å²) in [6, 6.07) is 13.0. The van der Waals surface area contributed by atoms with Gasteiger partial charge < -0.3 is 10.2 Å². The van der Waals surface area contributed by atoms with E-state index in [-0.39, 0.29) is 17.9 Å². The van der Waals surface area contributed by atoms with Gasteiger partial charge in [-0.2, -0.15) is 4.31 Å². The highest BCUT2D eigenvalue weighted by Gasteiger charge is 2.33. The van der Waals surface area contributed by atoms with Crippen LogP contribution in [0.1, 0.15) is 35.6 Å². The van der Waals surface area contributed by atoms with E-state index in [9.17, 15) is 13.2 Å². The number of amides is 1. The Morgan fingerprint density at radius 2 is 1.81 bits per heavy atom. The van der Waals surface area contributed by atoms with Crippen molar-refractivity contribution in [3.05, 3.63) is 64.2 Å². The molecule has 0 spiro atoms. The Bertz CT molecular complexity index is 1060. The molecule has 32 heavy (non-hydrogen) atoms. The number of sulfonamides is 1. The molecule has 6 nitrogen and oxygen atoms in total. The number of nitrogens with zero attached hydrogens (tertiary/aromatic N) is 2. The van der Waals surface area contributed by atoms with Crippen molar-refractivity contribution in [1.29, 1.82) is 0 Å². The highest BCUT2D eigenvalue weighted by molar-refractivity contribution is 7.89. The molecule has 0 aromatic heterocycles. The summed E-state index contributed by atoms with van der Waals surface area (Å²) in [5, 5.41) is 3.72. The minimum absolute atomic E-state index is 0.0348. The number of aryl methyl sites for hydroxylation is 2. The summed E-state index contributed by atoms with van der Waals surface area (Å²) in [6.07, 6.45) is 1.02. The number of hydrogen-bond donors (Lipinski definition) is 1. The number of nitrogens with one attached hydrogen (secondary N) is 1. The van der Waals surface area contributed by atoms with Crippen molar-refractivity contribution < 1.29 is 13.2 Å². The lowest BCUT2D eigenvalue weighted by atomic mass is 9.97. The van der Waals surface area contributed by atoms with E-state index in [1.807, 2.05) is 69.2 Å². The van der Waals surface area contributed by atoms with E-state index in [1.54, 1.807) is 6.07 Å². The molecule has 1 atom stereocenters. The van der Waals surface area contributed by atoms with Crippen LogP contribution in [0.2, 0.25) is 5.02 Å². The summed E-state index contributed by atoms with van der Waals surface area (Å²) in [4.78, 5) is 15.2. The van der Waals surface area contributed by atoms with Gasteiger partial charge in [0.25, 0.3) is 0 Å². The second kappa shape index (κ2) is 10.3. The summed E-state index contributed by atoms with van der Waals surface area (Å²) in [6.45, 7) is 4.89. The van der Waals surface area contributed by atoms with Crippen LogP contribution in [0, 0.1) is 19.8 Å². The Morgan fingerprint density at radius 1 is 1.16 bits per heavy atom. The molecule has 0 aliphatic carbocycles. The first kappa shape index (κ1) is 24.7. The zero-order valence-electron chi connectivity index (χ0n) is 19.1. The van der Waals surface area contributed by atoms with Gasteiger partial charge in [-0.1, -0.05) is 47.5 Å². The Labute approximate surface area is 196 Å². The Kier molecular flexibility index (Phi) is 7.98. The van der Waals surface area contributed by atoms with Gasteiger partial charge in [-0.25, -0.2) is 8.42 Å². The standard InChI is InChI=1S/C24H32ClN3O3S/c1-17-9-10-23(18(2)15-17)32(30,31)28-13-11-19(12-14-28)24(29)26-16-22(27(3)4)20-7-5-6-8-21(20)25/h5-10,15,19,22H,11-14,16H2,1-4H3,(H,26,29)/t22-/m0/s1. The van der Waals surface area contributed by atoms with E-state index in [1.165, 1.54) is 4.31 Å². The van der Waals surface area contributed by atoms with Gasteiger partial charge in [-0.3, -0.25) is 4.79 Å². The second-order valence-electron chi connectivity index (χ2n) is 8.69. The molecule has 1 aliphatic heterocycles. The highest BCUT2D eigenvalue weighted by Crippen LogP contribution is 2.28. The molecule has 1 N–H and O–H groups in total. The highest BCUT2D eigenvalue weighted by atomic mass is 35.5. The fourth-order valence-electron chi connectivity index (χ4n) is 4.24. The number of carbonyl (C=O) groups excluding carboxylic acids is 1. The molecule has 0 radical (unpaired) electrons. The van der Waals surface area contributed by atoms with Crippen molar-refractivity contribution in [2.24, 2.45) is 5.92 Å². The second-order valence-corrected chi connectivity index (χ2v) is 11.0. The van der Waals surface area contributed by atoms with Crippen molar-refractivity contribution >= 4 is 27.5 Å². The van der Waals surface area contributed by atoms with Gasteiger partial charge in [-0.15, -0.1) is 0 Å². The van der Waals surface area contributed by atoms with Gasteiger partial charge in [0.05, 0.1) is 10.9 Å². The molecule has 8 heteroatoms. The van der Waals surface area contributed by atoms with E-state index in [0.717, 1.165) is 16.7 Å². The van der Waals surface area contributed by atoms with Crippen LogP contribution in [0.25, 0.3) is 0 Å². The van der Waals surface area contributed by atoms with Crippen molar-refractivity contribution in [3.63, 3.8) is 0 Å². The average molecular weight is 478 g/mol. The van der Waals surface area contributed by atoms with E-state index in [0.29, 0.717) is 42.4 Å². The molecular weight excluding hydrogens is 446 g/mol. The lowest BCUT2D eigenvalue weighted by Crippen LogP contribution is -2.44. The number of rotatable bonds is 7. The first-order valence-corrected chi connectivity index (χ1v) is 12.7. The van der Waals surface area contributed by atoms with Crippen LogP contribution in [0.4, 0.5) is 0 Å². The number of benzene rings is 2. The predicted molar refractivity (Wildman–Crippen MR) is 128 cm³/mol. The van der Waals surface area contributed by atoms with Crippen LogP contribution in [0.5, 0.6) is 0 Å². The van der Waals surface area contributed by atoms with E-state index < -0.39 is 10.0 Å². The molecule has 1 aliphatic rings. The van der Waals surface area contributed by atoms with E-state index in [4.69, 9.17) is 11.6 Å². The first-order chi connectivity index (χ1) is 15.1. The maximum atomic E-state index is 13.1. The van der Waals surface area contributed by atoms with Gasteiger partial charge in [0.1, 0.15) is 0 Å². The van der Waals surface area contributed by atoms with Crippen LogP contribution >= 0.6 is 11.6 Å². The molecular formula is C24H32ClN3O3S. The maximum absolute atomic E-state index is 13.1. The van der Waals surface area contributed by atoms with Gasteiger partial charge in [-0.05, 0) is 64.0 Å². The van der Waals surface area contributed by atoms with Crippen LogP contribution in [0.3, 0.4) is 0 Å². The van der Waals surface area contributed by atoms with Crippen LogP contribution < -0.4 is 5.32 Å². The zero-order chi connectivity index (χ0) is 23.5. The Morgan fingerprint density at radius 3 is 2.41 bits per heavy atom. The summed E-state index contributed by atoms with van der Waals surface area (Å²) in [5.41, 5.74) is 2.75. The third kappa shape index (κ3) is 5.52. The lowest BCUT2D eigenvalue weighted by Gasteiger charge is -2.32. The largest absolute Gasteiger partial charge is 0.354 e. The van der Waals surface area contributed by atoms with Crippen LogP contribution in [0.15, 0.2) is 47.4 Å². The molecule has 2 aromatic carbocycles. The third-order valence-corrected chi connectivity index (χ3v) is 8.53. The van der Waals surface area contributed by atoms with Gasteiger partial charge in [0, 0.05) is 30.6 Å². The molecule has 0 saturated carbocycles. The summed E-state index contributed by atoms with van der Waals surface area (Å²) in [7, 11) is 0.354. The molecule has 174 valence electrons. The molecule has 1 amide bonds.